The van der Waals surface area contributed by atoms with E-state index in [1.165, 1.54) is 4.68 Å². The Kier molecular flexibility index (Phi) is 6.14. The third kappa shape index (κ3) is 3.94. The highest BCUT2D eigenvalue weighted by molar-refractivity contribution is 9.10. The highest BCUT2D eigenvalue weighted by atomic mass is 79.9. The Morgan fingerprint density at radius 2 is 2.07 bits per heavy atom. The molecule has 0 bridgehead atoms. The molecule has 0 fully saturated rings. The Hall–Kier alpha value is -2.67. The summed E-state index contributed by atoms with van der Waals surface area (Å²) >= 11 is 3.41. The van der Waals surface area contributed by atoms with Crippen LogP contribution in [0.1, 0.15) is 38.1 Å². The summed E-state index contributed by atoms with van der Waals surface area (Å²) < 4.78 is 13.3. The van der Waals surface area contributed by atoms with Crippen molar-refractivity contribution in [2.75, 3.05) is 13.7 Å². The molecular weight excluding hydrogens is 422 g/mol. The van der Waals surface area contributed by atoms with Gasteiger partial charge in [0.25, 0.3) is 5.56 Å². The van der Waals surface area contributed by atoms with Crippen LogP contribution in [0.2, 0.25) is 0 Å². The van der Waals surface area contributed by atoms with Crippen molar-refractivity contribution in [3.63, 3.8) is 0 Å². The van der Waals surface area contributed by atoms with Gasteiger partial charge in [0, 0.05) is 16.0 Å². The smallest absolute Gasteiger partial charge is 0.282 e. The van der Waals surface area contributed by atoms with E-state index in [4.69, 9.17) is 9.47 Å². The molecule has 0 N–H and O–H groups in total. The van der Waals surface area contributed by atoms with Gasteiger partial charge in [-0.3, -0.25) is 4.79 Å². The number of para-hydroxylation sites is 1. The van der Waals surface area contributed by atoms with E-state index in [1.807, 2.05) is 51.1 Å². The molecule has 3 rings (SSSR count). The van der Waals surface area contributed by atoms with E-state index in [1.54, 1.807) is 19.4 Å². The average Bonchev–Trinajstić information content (AvgIpc) is 2.68. The Labute approximate surface area is 171 Å². The SMILES string of the molecule is CCOc1c(C=Nn2c(C(C)C)nc3ccc(Br)cc3c2=O)cccc1OC. The fourth-order valence-corrected chi connectivity index (χ4v) is 3.23. The first-order chi connectivity index (χ1) is 13.5. The molecular formula is C21H22BrN3O3. The zero-order chi connectivity index (χ0) is 20.3. The molecule has 0 unspecified atom stereocenters. The van der Waals surface area contributed by atoms with Crippen LogP contribution in [0.5, 0.6) is 11.5 Å². The van der Waals surface area contributed by atoms with Gasteiger partial charge in [-0.15, -0.1) is 0 Å². The lowest BCUT2D eigenvalue weighted by molar-refractivity contribution is 0.310. The van der Waals surface area contributed by atoms with Gasteiger partial charge in [0.1, 0.15) is 5.82 Å². The molecule has 0 amide bonds. The van der Waals surface area contributed by atoms with Crippen molar-refractivity contribution in [3.8, 4) is 11.5 Å². The van der Waals surface area contributed by atoms with Crippen LogP contribution in [0, 0.1) is 0 Å². The maximum Gasteiger partial charge on any atom is 0.282 e. The van der Waals surface area contributed by atoms with Crippen LogP contribution in [-0.4, -0.2) is 29.6 Å². The number of benzene rings is 2. The first kappa shape index (κ1) is 20.1. The first-order valence-corrected chi connectivity index (χ1v) is 9.82. The molecule has 2 aromatic carbocycles. The van der Waals surface area contributed by atoms with Crippen molar-refractivity contribution in [2.45, 2.75) is 26.7 Å². The molecule has 1 heterocycles. The highest BCUT2D eigenvalue weighted by Crippen LogP contribution is 2.30. The van der Waals surface area contributed by atoms with Gasteiger partial charge in [-0.2, -0.15) is 9.78 Å². The zero-order valence-corrected chi connectivity index (χ0v) is 17.9. The van der Waals surface area contributed by atoms with Gasteiger partial charge in [0.05, 0.1) is 30.8 Å². The van der Waals surface area contributed by atoms with E-state index in [9.17, 15) is 4.79 Å². The summed E-state index contributed by atoms with van der Waals surface area (Å²) in [6.45, 7) is 6.36. The lowest BCUT2D eigenvalue weighted by Crippen LogP contribution is -2.23. The van der Waals surface area contributed by atoms with E-state index in [0.29, 0.717) is 34.8 Å². The number of ether oxygens (including phenoxy) is 2. The van der Waals surface area contributed by atoms with E-state index in [0.717, 1.165) is 10.0 Å². The van der Waals surface area contributed by atoms with Gasteiger partial charge in [-0.05, 0) is 37.3 Å². The quantitative estimate of drug-likeness (QED) is 0.523. The summed E-state index contributed by atoms with van der Waals surface area (Å²) in [4.78, 5) is 17.7. The Bertz CT molecular complexity index is 1090. The number of nitrogens with zero attached hydrogens (tertiary/aromatic N) is 3. The van der Waals surface area contributed by atoms with Gasteiger partial charge in [-0.25, -0.2) is 4.98 Å². The highest BCUT2D eigenvalue weighted by Gasteiger charge is 2.14. The first-order valence-electron chi connectivity index (χ1n) is 9.02. The normalized spacial score (nSPS) is 11.5. The number of fused-ring (bicyclic) bond motifs is 1. The molecule has 0 saturated carbocycles. The summed E-state index contributed by atoms with van der Waals surface area (Å²) in [5.41, 5.74) is 1.16. The minimum Gasteiger partial charge on any atom is -0.493 e. The van der Waals surface area contributed by atoms with Gasteiger partial charge in [0.15, 0.2) is 11.5 Å². The van der Waals surface area contributed by atoms with Crippen LogP contribution in [0.25, 0.3) is 10.9 Å². The fourth-order valence-electron chi connectivity index (χ4n) is 2.87. The molecule has 146 valence electrons. The standard InChI is InChI=1S/C21H22BrN3O3/c1-5-28-19-14(7-6-8-18(19)27-4)12-23-25-20(13(2)3)24-17-10-9-15(22)11-16(17)21(25)26/h6-13H,5H2,1-4H3. The predicted molar refractivity (Wildman–Crippen MR) is 115 cm³/mol. The molecule has 7 heteroatoms. The third-order valence-corrected chi connectivity index (χ3v) is 4.67. The molecule has 0 aliphatic heterocycles. The van der Waals surface area contributed by atoms with Gasteiger partial charge < -0.3 is 9.47 Å². The van der Waals surface area contributed by atoms with Gasteiger partial charge >= 0.3 is 0 Å². The van der Waals surface area contributed by atoms with E-state index >= 15 is 0 Å². The second-order valence-electron chi connectivity index (χ2n) is 6.46. The number of halogens is 1. The van der Waals surface area contributed by atoms with Gasteiger partial charge in [-0.1, -0.05) is 35.8 Å². The van der Waals surface area contributed by atoms with Crippen molar-refractivity contribution in [2.24, 2.45) is 5.10 Å². The number of rotatable bonds is 6. The zero-order valence-electron chi connectivity index (χ0n) is 16.3. The van der Waals surface area contributed by atoms with Gasteiger partial charge in [0.2, 0.25) is 0 Å². The van der Waals surface area contributed by atoms with Crippen LogP contribution < -0.4 is 15.0 Å². The number of hydrogen-bond acceptors (Lipinski definition) is 5. The van der Waals surface area contributed by atoms with E-state index in [-0.39, 0.29) is 11.5 Å². The van der Waals surface area contributed by atoms with Crippen molar-refractivity contribution >= 4 is 33.0 Å². The molecule has 3 aromatic rings. The monoisotopic (exact) mass is 443 g/mol. The number of aromatic nitrogens is 2. The molecule has 0 aliphatic rings. The van der Waals surface area contributed by atoms with E-state index < -0.39 is 0 Å². The largest absolute Gasteiger partial charge is 0.493 e. The van der Waals surface area contributed by atoms with Crippen molar-refractivity contribution in [3.05, 3.63) is 62.6 Å². The van der Waals surface area contributed by atoms with Crippen molar-refractivity contribution in [1.29, 1.82) is 0 Å². The van der Waals surface area contributed by atoms with Crippen molar-refractivity contribution < 1.29 is 9.47 Å². The summed E-state index contributed by atoms with van der Waals surface area (Å²) in [5, 5.41) is 4.97. The second-order valence-corrected chi connectivity index (χ2v) is 7.38. The minimum atomic E-state index is -0.216. The molecule has 28 heavy (non-hydrogen) atoms. The summed E-state index contributed by atoms with van der Waals surface area (Å²) in [5.74, 6) is 1.82. The lowest BCUT2D eigenvalue weighted by atomic mass is 10.2. The fraction of sp³-hybridized carbons (Fsp3) is 0.286. The maximum atomic E-state index is 13.1. The summed E-state index contributed by atoms with van der Waals surface area (Å²) in [6.07, 6.45) is 1.60. The Morgan fingerprint density at radius 3 is 2.75 bits per heavy atom. The maximum absolute atomic E-state index is 13.1. The summed E-state index contributed by atoms with van der Waals surface area (Å²) in [6, 6.07) is 11.0. The van der Waals surface area contributed by atoms with Crippen molar-refractivity contribution in [1.82, 2.24) is 9.66 Å². The molecule has 1 aromatic heterocycles. The van der Waals surface area contributed by atoms with Crippen LogP contribution in [0.3, 0.4) is 0 Å². The lowest BCUT2D eigenvalue weighted by Gasteiger charge is -2.13. The number of hydrogen-bond donors (Lipinski definition) is 0. The second kappa shape index (κ2) is 8.56. The average molecular weight is 444 g/mol. The van der Waals surface area contributed by atoms with Crippen LogP contribution in [0.4, 0.5) is 0 Å². The minimum absolute atomic E-state index is 0.0227. The van der Waals surface area contributed by atoms with Crippen LogP contribution in [0.15, 0.2) is 50.8 Å². The molecule has 0 aliphatic carbocycles. The molecule has 0 saturated heterocycles. The van der Waals surface area contributed by atoms with Crippen LogP contribution in [-0.2, 0) is 0 Å². The Balaban J connectivity index is 2.18. The third-order valence-electron chi connectivity index (χ3n) is 4.18. The molecule has 0 spiro atoms. The topological polar surface area (TPSA) is 65.7 Å². The number of methoxy groups -OCH3 is 1. The Morgan fingerprint density at radius 1 is 1.29 bits per heavy atom. The summed E-state index contributed by atoms with van der Waals surface area (Å²) in [7, 11) is 1.59. The van der Waals surface area contributed by atoms with Crippen LogP contribution >= 0.6 is 15.9 Å². The molecule has 0 atom stereocenters. The van der Waals surface area contributed by atoms with E-state index in [2.05, 4.69) is 26.0 Å². The molecule has 6 nitrogen and oxygen atoms in total. The predicted octanol–water partition coefficient (Wildman–Crippen LogP) is 4.57. The molecule has 0 radical (unpaired) electrons.